The molecule has 0 saturated carbocycles. The van der Waals surface area contributed by atoms with Crippen molar-refractivity contribution in [3.05, 3.63) is 29.3 Å². The lowest BCUT2D eigenvalue weighted by Crippen LogP contribution is -2.53. The number of carbonyl (C=O) groups excluding carboxylic acids is 1. The molecular formula is C17H22N2O3. The van der Waals surface area contributed by atoms with Gasteiger partial charge in [-0.2, -0.15) is 0 Å². The summed E-state index contributed by atoms with van der Waals surface area (Å²) in [6.07, 6.45) is 1.93. The zero-order valence-electron chi connectivity index (χ0n) is 13.1. The molecule has 0 aliphatic carbocycles. The number of para-hydroxylation sites is 1. The second-order valence-electron chi connectivity index (χ2n) is 5.62. The lowest BCUT2D eigenvalue weighted by molar-refractivity contribution is -0.130. The maximum atomic E-state index is 12.7. The molecule has 1 aromatic rings. The Hall–Kier alpha value is -2.01. The highest BCUT2D eigenvalue weighted by Crippen LogP contribution is 2.36. The molecule has 2 aliphatic rings. The number of ether oxygens (including phenoxy) is 2. The Balaban J connectivity index is 1.84. The number of carbonyl (C=O) groups is 1. The van der Waals surface area contributed by atoms with Gasteiger partial charge in [0.15, 0.2) is 11.5 Å². The molecule has 0 radical (unpaired) electrons. The topological polar surface area (TPSA) is 50.8 Å². The van der Waals surface area contributed by atoms with Crippen molar-refractivity contribution in [2.24, 2.45) is 0 Å². The smallest absolute Gasteiger partial charge is 0.253 e. The molecule has 0 bridgehead atoms. The molecule has 5 nitrogen and oxygen atoms in total. The molecule has 1 amide bonds. The van der Waals surface area contributed by atoms with Crippen molar-refractivity contribution in [2.45, 2.75) is 19.9 Å². The lowest BCUT2D eigenvalue weighted by Gasteiger charge is -2.35. The van der Waals surface area contributed by atoms with E-state index < -0.39 is 0 Å². The Kier molecular flexibility index (Phi) is 4.34. The Morgan fingerprint density at radius 3 is 3.14 bits per heavy atom. The van der Waals surface area contributed by atoms with Gasteiger partial charge in [0.2, 0.25) is 0 Å². The van der Waals surface area contributed by atoms with E-state index in [4.69, 9.17) is 9.47 Å². The standard InChI is InChI=1S/C17H22N2O3/c1-3-21-15-6-4-5-13-9-14(11-22-16(13)15)17(20)19-8-7-18-10-12(19)2/h4-6,9,12,18H,3,7-8,10-11H2,1-2H3/t12-/m1/s1. The summed E-state index contributed by atoms with van der Waals surface area (Å²) in [5.74, 6) is 1.54. The second-order valence-corrected chi connectivity index (χ2v) is 5.62. The maximum absolute atomic E-state index is 12.7. The van der Waals surface area contributed by atoms with Gasteiger partial charge in [-0.25, -0.2) is 0 Å². The second kappa shape index (κ2) is 6.40. The van der Waals surface area contributed by atoms with Crippen LogP contribution in [0, 0.1) is 0 Å². The minimum absolute atomic E-state index is 0.0708. The fourth-order valence-corrected chi connectivity index (χ4v) is 2.90. The van der Waals surface area contributed by atoms with E-state index in [2.05, 4.69) is 12.2 Å². The van der Waals surface area contributed by atoms with Crippen LogP contribution in [0.3, 0.4) is 0 Å². The summed E-state index contributed by atoms with van der Waals surface area (Å²) in [4.78, 5) is 14.6. The van der Waals surface area contributed by atoms with Crippen LogP contribution < -0.4 is 14.8 Å². The third-order valence-electron chi connectivity index (χ3n) is 4.05. The van der Waals surface area contributed by atoms with E-state index in [1.54, 1.807) is 0 Å². The number of nitrogens with zero attached hydrogens (tertiary/aromatic N) is 1. The summed E-state index contributed by atoms with van der Waals surface area (Å²) in [7, 11) is 0. The zero-order valence-corrected chi connectivity index (χ0v) is 13.1. The van der Waals surface area contributed by atoms with Crippen molar-refractivity contribution in [1.82, 2.24) is 10.2 Å². The highest BCUT2D eigenvalue weighted by molar-refractivity contribution is 5.99. The molecule has 1 saturated heterocycles. The maximum Gasteiger partial charge on any atom is 0.253 e. The minimum Gasteiger partial charge on any atom is -0.490 e. The van der Waals surface area contributed by atoms with E-state index in [0.717, 1.165) is 36.7 Å². The van der Waals surface area contributed by atoms with Crippen LogP contribution in [0.4, 0.5) is 0 Å². The molecule has 1 N–H and O–H groups in total. The number of rotatable bonds is 3. The Morgan fingerprint density at radius 1 is 1.50 bits per heavy atom. The molecule has 22 heavy (non-hydrogen) atoms. The summed E-state index contributed by atoms with van der Waals surface area (Å²) in [5.41, 5.74) is 1.61. The summed E-state index contributed by atoms with van der Waals surface area (Å²) >= 11 is 0. The quantitative estimate of drug-likeness (QED) is 0.923. The molecule has 0 unspecified atom stereocenters. The molecule has 5 heteroatoms. The number of hydrogen-bond donors (Lipinski definition) is 1. The molecule has 0 aromatic heterocycles. The van der Waals surface area contributed by atoms with Gasteiger partial charge in [0, 0.05) is 31.2 Å². The number of piperazine rings is 1. The minimum atomic E-state index is 0.0708. The van der Waals surface area contributed by atoms with E-state index in [9.17, 15) is 4.79 Å². The van der Waals surface area contributed by atoms with Crippen LogP contribution in [0.2, 0.25) is 0 Å². The van der Waals surface area contributed by atoms with Crippen molar-refractivity contribution >= 4 is 12.0 Å². The highest BCUT2D eigenvalue weighted by atomic mass is 16.5. The monoisotopic (exact) mass is 302 g/mol. The van der Waals surface area contributed by atoms with Crippen molar-refractivity contribution in [2.75, 3.05) is 32.8 Å². The summed E-state index contributed by atoms with van der Waals surface area (Å²) in [6.45, 7) is 7.32. The number of fused-ring (bicyclic) bond motifs is 1. The average molecular weight is 302 g/mol. The summed E-state index contributed by atoms with van der Waals surface area (Å²) in [6, 6.07) is 5.97. The predicted molar refractivity (Wildman–Crippen MR) is 85.1 cm³/mol. The van der Waals surface area contributed by atoms with Gasteiger partial charge in [-0.1, -0.05) is 12.1 Å². The SMILES string of the molecule is CCOc1cccc2c1OCC(C(=O)N1CCNC[C@H]1C)=C2. The predicted octanol–water partition coefficient (Wildman–Crippen LogP) is 1.68. The van der Waals surface area contributed by atoms with Crippen LogP contribution in [0.15, 0.2) is 23.8 Å². The molecule has 3 rings (SSSR count). The highest BCUT2D eigenvalue weighted by Gasteiger charge is 2.28. The average Bonchev–Trinajstić information content (AvgIpc) is 2.55. The van der Waals surface area contributed by atoms with Crippen LogP contribution in [-0.4, -0.2) is 49.7 Å². The Labute approximate surface area is 130 Å². The van der Waals surface area contributed by atoms with Gasteiger partial charge >= 0.3 is 0 Å². The third kappa shape index (κ3) is 2.81. The molecule has 1 aromatic carbocycles. The van der Waals surface area contributed by atoms with Gasteiger partial charge in [-0.3, -0.25) is 4.79 Å². The van der Waals surface area contributed by atoms with E-state index in [1.165, 1.54) is 0 Å². The van der Waals surface area contributed by atoms with Crippen molar-refractivity contribution in [3.8, 4) is 11.5 Å². The van der Waals surface area contributed by atoms with Crippen LogP contribution in [0.1, 0.15) is 19.4 Å². The fourth-order valence-electron chi connectivity index (χ4n) is 2.90. The van der Waals surface area contributed by atoms with Gasteiger partial charge in [0.05, 0.1) is 12.2 Å². The van der Waals surface area contributed by atoms with E-state index in [-0.39, 0.29) is 11.9 Å². The molecule has 118 valence electrons. The van der Waals surface area contributed by atoms with E-state index in [1.807, 2.05) is 36.1 Å². The first-order chi connectivity index (χ1) is 10.7. The Bertz CT molecular complexity index is 598. The molecule has 1 fully saturated rings. The Morgan fingerprint density at radius 2 is 2.36 bits per heavy atom. The van der Waals surface area contributed by atoms with Crippen LogP contribution in [0.5, 0.6) is 11.5 Å². The van der Waals surface area contributed by atoms with Gasteiger partial charge in [0.1, 0.15) is 6.61 Å². The van der Waals surface area contributed by atoms with Gasteiger partial charge < -0.3 is 19.7 Å². The van der Waals surface area contributed by atoms with Gasteiger partial charge in [-0.15, -0.1) is 0 Å². The molecule has 2 aliphatic heterocycles. The lowest BCUT2D eigenvalue weighted by atomic mass is 10.0. The van der Waals surface area contributed by atoms with E-state index >= 15 is 0 Å². The van der Waals surface area contributed by atoms with Crippen LogP contribution in [-0.2, 0) is 4.79 Å². The number of nitrogens with one attached hydrogen (secondary N) is 1. The van der Waals surface area contributed by atoms with Crippen LogP contribution >= 0.6 is 0 Å². The zero-order chi connectivity index (χ0) is 15.5. The number of benzene rings is 1. The van der Waals surface area contributed by atoms with Crippen LogP contribution in [0.25, 0.3) is 6.08 Å². The first-order valence-corrected chi connectivity index (χ1v) is 7.81. The number of hydrogen-bond acceptors (Lipinski definition) is 4. The fraction of sp³-hybridized carbons (Fsp3) is 0.471. The van der Waals surface area contributed by atoms with Crippen molar-refractivity contribution in [3.63, 3.8) is 0 Å². The third-order valence-corrected chi connectivity index (χ3v) is 4.05. The van der Waals surface area contributed by atoms with E-state index in [0.29, 0.717) is 18.8 Å². The largest absolute Gasteiger partial charge is 0.490 e. The summed E-state index contributed by atoms with van der Waals surface area (Å²) in [5, 5.41) is 3.30. The molecular weight excluding hydrogens is 280 g/mol. The molecule has 1 atom stereocenters. The van der Waals surface area contributed by atoms with Crippen molar-refractivity contribution in [1.29, 1.82) is 0 Å². The van der Waals surface area contributed by atoms with Gasteiger partial charge in [0.25, 0.3) is 5.91 Å². The number of amides is 1. The first kappa shape index (κ1) is 14.9. The molecule has 0 spiro atoms. The molecule has 2 heterocycles. The van der Waals surface area contributed by atoms with Crippen molar-refractivity contribution < 1.29 is 14.3 Å². The summed E-state index contributed by atoms with van der Waals surface area (Å²) < 4.78 is 11.4. The van der Waals surface area contributed by atoms with Gasteiger partial charge in [-0.05, 0) is 26.0 Å². The normalized spacial score (nSPS) is 20.7. The first-order valence-electron chi connectivity index (χ1n) is 7.81.